The topological polar surface area (TPSA) is 42.5 Å². The molecule has 4 heteroatoms. The molecule has 1 aromatic heterocycles. The normalized spacial score (nSPS) is 17.0. The summed E-state index contributed by atoms with van der Waals surface area (Å²) in [5, 5.41) is 11.8. The van der Waals surface area contributed by atoms with Gasteiger partial charge in [-0.15, -0.1) is 0 Å². The van der Waals surface area contributed by atoms with Crippen LogP contribution in [0.4, 0.5) is 5.69 Å². The molecule has 1 atom stereocenters. The molecule has 0 bridgehead atoms. The summed E-state index contributed by atoms with van der Waals surface area (Å²) < 4.78 is 0. The number of piperazine rings is 1. The highest BCUT2D eigenvalue weighted by molar-refractivity contribution is 5.79. The minimum absolute atomic E-state index is 0.449. The molecule has 26 heavy (non-hydrogen) atoms. The lowest BCUT2D eigenvalue weighted by Gasteiger charge is -2.37. The predicted octanol–water partition coefficient (Wildman–Crippen LogP) is 3.64. The number of nitrogens with one attached hydrogen (secondary N) is 1. The van der Waals surface area contributed by atoms with Gasteiger partial charge in [0.1, 0.15) is 0 Å². The first-order valence-corrected chi connectivity index (χ1v) is 9.40. The molecule has 2 N–H and O–H groups in total. The van der Waals surface area contributed by atoms with Crippen molar-refractivity contribution in [3.63, 3.8) is 0 Å². The maximum absolute atomic E-state index is 10.7. The van der Waals surface area contributed by atoms with Gasteiger partial charge in [-0.25, -0.2) is 0 Å². The molecule has 0 saturated carbocycles. The van der Waals surface area contributed by atoms with Crippen molar-refractivity contribution >= 4 is 16.6 Å². The molecule has 4 rings (SSSR count). The fraction of sp³-hybridized carbons (Fsp3) is 0.364. The van der Waals surface area contributed by atoms with E-state index in [-0.39, 0.29) is 0 Å². The number of aliphatic hydroxyl groups is 1. The largest absolute Gasteiger partial charge is 0.387 e. The number of hydrogen-bond acceptors (Lipinski definition) is 3. The molecule has 1 aliphatic rings. The first kappa shape index (κ1) is 17.1. The van der Waals surface area contributed by atoms with Gasteiger partial charge in [0.2, 0.25) is 0 Å². The lowest BCUT2D eigenvalue weighted by atomic mass is 10.1. The second kappa shape index (κ2) is 7.14. The molecule has 0 unspecified atom stereocenters. The third-order valence-corrected chi connectivity index (χ3v) is 5.68. The van der Waals surface area contributed by atoms with E-state index in [1.807, 2.05) is 12.3 Å². The van der Waals surface area contributed by atoms with Gasteiger partial charge in [-0.1, -0.05) is 24.3 Å². The number of fused-ring (bicyclic) bond motifs is 1. The van der Waals surface area contributed by atoms with Crippen LogP contribution in [0.5, 0.6) is 0 Å². The van der Waals surface area contributed by atoms with E-state index in [0.717, 1.165) is 37.3 Å². The number of aliphatic hydroxyl groups excluding tert-OH is 1. The maximum Gasteiger partial charge on any atom is 0.0917 e. The summed E-state index contributed by atoms with van der Waals surface area (Å²) in [6.07, 6.45) is 1.49. The van der Waals surface area contributed by atoms with Crippen LogP contribution in [0, 0.1) is 13.8 Å². The summed E-state index contributed by atoms with van der Waals surface area (Å²) in [5.41, 5.74) is 6.14. The van der Waals surface area contributed by atoms with Crippen LogP contribution in [0.1, 0.15) is 22.8 Å². The molecule has 1 aliphatic heterocycles. The van der Waals surface area contributed by atoms with Gasteiger partial charge in [-0.2, -0.15) is 0 Å². The molecule has 0 radical (unpaired) electrons. The number of H-pyrrole nitrogens is 1. The Hall–Kier alpha value is -2.30. The van der Waals surface area contributed by atoms with E-state index in [4.69, 9.17) is 0 Å². The number of aromatic amines is 1. The molecule has 4 nitrogen and oxygen atoms in total. The van der Waals surface area contributed by atoms with Crippen LogP contribution < -0.4 is 4.90 Å². The molecule has 2 heterocycles. The number of hydrogen-bond donors (Lipinski definition) is 2. The first-order chi connectivity index (χ1) is 12.6. The Kier molecular flexibility index (Phi) is 4.70. The van der Waals surface area contributed by atoms with Crippen molar-refractivity contribution in [1.29, 1.82) is 0 Å². The van der Waals surface area contributed by atoms with Gasteiger partial charge in [0.25, 0.3) is 0 Å². The van der Waals surface area contributed by atoms with Gasteiger partial charge in [0, 0.05) is 50.1 Å². The molecule has 1 saturated heterocycles. The standard InChI is InChI=1S/C22H27N3O/c1-16-4-3-5-21(17(16)2)25-12-10-24(11-13-25)15-22(26)19-7-6-18-8-9-23-20(18)14-19/h3-9,14,22-23,26H,10-13,15H2,1-2H3/t22-/m1/s1. The molecular weight excluding hydrogens is 322 g/mol. The average molecular weight is 349 g/mol. The number of rotatable bonds is 4. The van der Waals surface area contributed by atoms with Gasteiger partial charge in [0.15, 0.2) is 0 Å². The molecule has 0 aliphatic carbocycles. The lowest BCUT2D eigenvalue weighted by Crippen LogP contribution is -2.47. The van der Waals surface area contributed by atoms with E-state index in [1.54, 1.807) is 0 Å². The van der Waals surface area contributed by atoms with Crippen LogP contribution in [0.2, 0.25) is 0 Å². The fourth-order valence-corrected chi connectivity index (χ4v) is 3.87. The Bertz CT molecular complexity index is 893. The summed E-state index contributed by atoms with van der Waals surface area (Å²) in [4.78, 5) is 8.06. The minimum Gasteiger partial charge on any atom is -0.387 e. The van der Waals surface area contributed by atoms with E-state index in [9.17, 15) is 5.11 Å². The second-order valence-corrected chi connectivity index (χ2v) is 7.35. The summed E-state index contributed by atoms with van der Waals surface area (Å²) in [6.45, 7) is 9.04. The quantitative estimate of drug-likeness (QED) is 0.756. The van der Waals surface area contributed by atoms with Gasteiger partial charge in [-0.05, 0) is 54.1 Å². The van der Waals surface area contributed by atoms with Crippen molar-refractivity contribution < 1.29 is 5.11 Å². The molecule has 2 aromatic carbocycles. The van der Waals surface area contributed by atoms with Crippen LogP contribution in [-0.2, 0) is 0 Å². The Labute approximate surface area is 155 Å². The second-order valence-electron chi connectivity index (χ2n) is 7.35. The zero-order valence-corrected chi connectivity index (χ0v) is 15.6. The van der Waals surface area contributed by atoms with Crippen molar-refractivity contribution in [1.82, 2.24) is 9.88 Å². The highest BCUT2D eigenvalue weighted by Gasteiger charge is 2.21. The number of aryl methyl sites for hydroxylation is 1. The van der Waals surface area contributed by atoms with E-state index < -0.39 is 6.10 Å². The Morgan fingerprint density at radius 3 is 2.65 bits per heavy atom. The molecule has 1 fully saturated rings. The van der Waals surface area contributed by atoms with Crippen molar-refractivity contribution in [3.05, 3.63) is 65.4 Å². The third kappa shape index (κ3) is 3.35. The van der Waals surface area contributed by atoms with Crippen molar-refractivity contribution in [2.24, 2.45) is 0 Å². The number of benzene rings is 2. The maximum atomic E-state index is 10.7. The third-order valence-electron chi connectivity index (χ3n) is 5.68. The van der Waals surface area contributed by atoms with E-state index in [0.29, 0.717) is 6.54 Å². The molecule has 0 spiro atoms. The minimum atomic E-state index is -0.449. The smallest absolute Gasteiger partial charge is 0.0917 e. The van der Waals surface area contributed by atoms with Crippen LogP contribution in [0.15, 0.2) is 48.7 Å². The predicted molar refractivity (Wildman–Crippen MR) is 108 cm³/mol. The number of aromatic nitrogens is 1. The molecule has 3 aromatic rings. The summed E-state index contributed by atoms with van der Waals surface area (Å²) >= 11 is 0. The molecule has 0 amide bonds. The fourth-order valence-electron chi connectivity index (χ4n) is 3.87. The Morgan fingerprint density at radius 2 is 1.85 bits per heavy atom. The van der Waals surface area contributed by atoms with Crippen molar-refractivity contribution in [3.8, 4) is 0 Å². The van der Waals surface area contributed by atoms with E-state index in [2.05, 4.69) is 65.0 Å². The number of β-amino-alcohol motifs (C(OH)–C–C–N with tert-alkyl or cyclic N) is 1. The first-order valence-electron chi connectivity index (χ1n) is 9.40. The summed E-state index contributed by atoms with van der Waals surface area (Å²) in [6, 6.07) is 14.8. The van der Waals surface area contributed by atoms with Gasteiger partial charge in [0.05, 0.1) is 6.10 Å². The summed E-state index contributed by atoms with van der Waals surface area (Å²) in [5.74, 6) is 0. The molecule has 136 valence electrons. The van der Waals surface area contributed by atoms with E-state index in [1.165, 1.54) is 22.2 Å². The zero-order chi connectivity index (χ0) is 18.1. The number of nitrogens with zero attached hydrogens (tertiary/aromatic N) is 2. The highest BCUT2D eigenvalue weighted by Crippen LogP contribution is 2.25. The van der Waals surface area contributed by atoms with E-state index >= 15 is 0 Å². The van der Waals surface area contributed by atoms with Gasteiger partial charge < -0.3 is 15.0 Å². The Morgan fingerprint density at radius 1 is 1.04 bits per heavy atom. The Balaban J connectivity index is 1.38. The monoisotopic (exact) mass is 349 g/mol. The zero-order valence-electron chi connectivity index (χ0n) is 15.6. The summed E-state index contributed by atoms with van der Waals surface area (Å²) in [7, 11) is 0. The van der Waals surface area contributed by atoms with Crippen LogP contribution >= 0.6 is 0 Å². The van der Waals surface area contributed by atoms with Crippen molar-refractivity contribution in [2.75, 3.05) is 37.6 Å². The van der Waals surface area contributed by atoms with Gasteiger partial charge in [-0.3, -0.25) is 4.90 Å². The lowest BCUT2D eigenvalue weighted by molar-refractivity contribution is 0.109. The SMILES string of the molecule is Cc1cccc(N2CCN(C[C@@H](O)c3ccc4cc[nH]c4c3)CC2)c1C. The number of anilines is 1. The van der Waals surface area contributed by atoms with Crippen LogP contribution in [0.25, 0.3) is 10.9 Å². The van der Waals surface area contributed by atoms with Crippen molar-refractivity contribution in [2.45, 2.75) is 20.0 Å². The van der Waals surface area contributed by atoms with Crippen LogP contribution in [-0.4, -0.2) is 47.7 Å². The van der Waals surface area contributed by atoms with Gasteiger partial charge >= 0.3 is 0 Å². The molecular formula is C22H27N3O. The highest BCUT2D eigenvalue weighted by atomic mass is 16.3. The average Bonchev–Trinajstić information content (AvgIpc) is 3.12. The van der Waals surface area contributed by atoms with Crippen LogP contribution in [0.3, 0.4) is 0 Å².